The summed E-state index contributed by atoms with van der Waals surface area (Å²) in [5.74, 6) is 0.935. The molecule has 1 saturated heterocycles. The van der Waals surface area contributed by atoms with E-state index in [4.69, 9.17) is 10.5 Å². The highest BCUT2D eigenvalue weighted by Gasteiger charge is 2.28. The van der Waals surface area contributed by atoms with Crippen LogP contribution in [0.3, 0.4) is 0 Å². The lowest BCUT2D eigenvalue weighted by molar-refractivity contribution is -0.910. The van der Waals surface area contributed by atoms with Crippen molar-refractivity contribution in [3.8, 4) is 5.75 Å². The number of nitrogens with one attached hydrogen (secondary N) is 1. The third-order valence-electron chi connectivity index (χ3n) is 4.52. The van der Waals surface area contributed by atoms with Crippen LogP contribution in [-0.4, -0.2) is 43.4 Å². The molecule has 1 unspecified atom stereocenters. The van der Waals surface area contributed by atoms with E-state index in [0.717, 1.165) is 37.2 Å². The topological polar surface area (TPSA) is 77.0 Å². The van der Waals surface area contributed by atoms with Crippen LogP contribution in [0.15, 0.2) is 24.3 Å². The lowest BCUT2D eigenvalue weighted by Gasteiger charge is -2.29. The molecule has 5 nitrogen and oxygen atoms in total. The number of nitrogens with two attached hydrogens (primary N) is 1. The minimum absolute atomic E-state index is 0.0615. The van der Waals surface area contributed by atoms with Crippen molar-refractivity contribution < 1.29 is 19.5 Å². The summed E-state index contributed by atoms with van der Waals surface area (Å²) in [6, 6.07) is 7.94. The number of para-hydroxylation sites is 1. The van der Waals surface area contributed by atoms with Gasteiger partial charge >= 0.3 is 0 Å². The molecule has 0 aliphatic carbocycles. The zero-order chi connectivity index (χ0) is 16.8. The summed E-state index contributed by atoms with van der Waals surface area (Å²) >= 11 is 0. The maximum atomic E-state index is 11.3. The lowest BCUT2D eigenvalue weighted by Crippen LogP contribution is -3.15. The summed E-state index contributed by atoms with van der Waals surface area (Å²) in [5.41, 5.74) is 6.55. The number of benzene rings is 1. The van der Waals surface area contributed by atoms with Gasteiger partial charge in [0.15, 0.2) is 0 Å². The van der Waals surface area contributed by atoms with Crippen molar-refractivity contribution in [2.45, 2.75) is 38.7 Å². The second-order valence-corrected chi connectivity index (χ2v) is 6.81. The molecule has 1 aromatic rings. The summed E-state index contributed by atoms with van der Waals surface area (Å²) < 4.78 is 5.82. The first-order chi connectivity index (χ1) is 11.0. The molecule has 0 spiro atoms. The van der Waals surface area contributed by atoms with Crippen molar-refractivity contribution in [1.82, 2.24) is 0 Å². The van der Waals surface area contributed by atoms with Gasteiger partial charge in [0.25, 0.3) is 0 Å². The van der Waals surface area contributed by atoms with Gasteiger partial charge in [0.05, 0.1) is 19.0 Å². The number of amides is 1. The van der Waals surface area contributed by atoms with Crippen LogP contribution in [0.5, 0.6) is 5.75 Å². The van der Waals surface area contributed by atoms with Crippen LogP contribution in [0.1, 0.15) is 38.2 Å². The van der Waals surface area contributed by atoms with Gasteiger partial charge in [-0.15, -0.1) is 0 Å². The van der Waals surface area contributed by atoms with Crippen LogP contribution in [0.2, 0.25) is 0 Å². The van der Waals surface area contributed by atoms with Gasteiger partial charge in [-0.1, -0.05) is 32.0 Å². The molecule has 2 rings (SSSR count). The molecule has 0 radical (unpaired) electrons. The van der Waals surface area contributed by atoms with Gasteiger partial charge in [-0.2, -0.15) is 0 Å². The van der Waals surface area contributed by atoms with Gasteiger partial charge in [0, 0.05) is 0 Å². The highest BCUT2D eigenvalue weighted by Crippen LogP contribution is 2.25. The number of rotatable bonds is 7. The van der Waals surface area contributed by atoms with Crippen LogP contribution in [0.4, 0.5) is 0 Å². The minimum Gasteiger partial charge on any atom is -0.490 e. The number of carbonyl (C=O) groups excluding carboxylic acids is 1. The van der Waals surface area contributed by atoms with E-state index in [-0.39, 0.29) is 18.4 Å². The van der Waals surface area contributed by atoms with Crippen molar-refractivity contribution in [3.63, 3.8) is 0 Å². The van der Waals surface area contributed by atoms with Gasteiger partial charge in [-0.3, -0.25) is 4.79 Å². The van der Waals surface area contributed by atoms with Crippen molar-refractivity contribution >= 4 is 5.91 Å². The number of aliphatic hydroxyl groups is 1. The number of hydrogen-bond donors (Lipinski definition) is 3. The van der Waals surface area contributed by atoms with Gasteiger partial charge in [0.2, 0.25) is 5.91 Å². The molecule has 4 N–H and O–H groups in total. The van der Waals surface area contributed by atoms with E-state index in [1.54, 1.807) is 0 Å². The summed E-state index contributed by atoms with van der Waals surface area (Å²) in [5, 5.41) is 10.3. The summed E-state index contributed by atoms with van der Waals surface area (Å²) in [6.45, 7) is 6.81. The smallest absolute Gasteiger partial charge is 0.226 e. The number of likely N-dealkylation sites (tertiary alicyclic amines) is 1. The second-order valence-electron chi connectivity index (χ2n) is 6.81. The number of piperidine rings is 1. The molecular weight excluding hydrogens is 292 g/mol. The molecule has 1 aliphatic rings. The molecule has 0 saturated carbocycles. The normalized spacial score (nSPS) is 22.8. The third-order valence-corrected chi connectivity index (χ3v) is 4.52. The fourth-order valence-corrected chi connectivity index (χ4v) is 3.25. The first kappa shape index (κ1) is 17.8. The number of hydrogen-bond acceptors (Lipinski definition) is 3. The van der Waals surface area contributed by atoms with Crippen molar-refractivity contribution in [1.29, 1.82) is 0 Å². The SMILES string of the molecule is CC(C)c1ccccc1OC[C@H](O)C[NH+]1CCC[C@H](C(N)=O)C1. The van der Waals surface area contributed by atoms with Crippen LogP contribution in [-0.2, 0) is 4.79 Å². The molecule has 1 fully saturated rings. The maximum absolute atomic E-state index is 11.3. The van der Waals surface area contributed by atoms with E-state index in [0.29, 0.717) is 12.5 Å². The van der Waals surface area contributed by atoms with Gasteiger partial charge in [-0.05, 0) is 30.4 Å². The molecule has 0 bridgehead atoms. The zero-order valence-corrected chi connectivity index (χ0v) is 14.1. The third kappa shape index (κ3) is 5.22. The monoisotopic (exact) mass is 321 g/mol. The Labute approximate surface area is 138 Å². The fraction of sp³-hybridized carbons (Fsp3) is 0.611. The zero-order valence-electron chi connectivity index (χ0n) is 14.1. The molecule has 1 heterocycles. The molecule has 3 atom stereocenters. The van der Waals surface area contributed by atoms with Gasteiger partial charge < -0.3 is 20.5 Å². The van der Waals surface area contributed by atoms with E-state index in [1.165, 1.54) is 4.90 Å². The standard InChI is InChI=1S/C18H28N2O3/c1-13(2)16-7-3-4-8-17(16)23-12-15(21)11-20-9-5-6-14(10-20)18(19)22/h3-4,7-8,13-15,21H,5-6,9-12H2,1-2H3,(H2,19,22)/p+1/t14-,15+/m0/s1. The Morgan fingerprint density at radius 1 is 1.43 bits per heavy atom. The van der Waals surface area contributed by atoms with Gasteiger partial charge in [0.1, 0.15) is 25.0 Å². The quantitative estimate of drug-likeness (QED) is 0.677. The van der Waals surface area contributed by atoms with E-state index >= 15 is 0 Å². The summed E-state index contributed by atoms with van der Waals surface area (Å²) in [4.78, 5) is 12.5. The Bertz CT molecular complexity index is 519. The first-order valence-electron chi connectivity index (χ1n) is 8.50. The molecule has 1 aromatic carbocycles. The van der Waals surface area contributed by atoms with Crippen molar-refractivity contribution in [3.05, 3.63) is 29.8 Å². The summed E-state index contributed by atoms with van der Waals surface area (Å²) in [6.07, 6.45) is 1.30. The van der Waals surface area contributed by atoms with Crippen molar-refractivity contribution in [2.75, 3.05) is 26.2 Å². The van der Waals surface area contributed by atoms with Gasteiger partial charge in [-0.25, -0.2) is 0 Å². The largest absolute Gasteiger partial charge is 0.490 e. The molecule has 0 aromatic heterocycles. The van der Waals surface area contributed by atoms with Crippen molar-refractivity contribution in [2.24, 2.45) is 11.7 Å². The van der Waals surface area contributed by atoms with E-state index in [2.05, 4.69) is 19.9 Å². The highest BCUT2D eigenvalue weighted by atomic mass is 16.5. The van der Waals surface area contributed by atoms with E-state index in [1.807, 2.05) is 18.2 Å². The van der Waals surface area contributed by atoms with Crippen LogP contribution in [0.25, 0.3) is 0 Å². The Morgan fingerprint density at radius 2 is 2.17 bits per heavy atom. The Morgan fingerprint density at radius 3 is 2.87 bits per heavy atom. The molecule has 23 heavy (non-hydrogen) atoms. The number of aliphatic hydroxyl groups excluding tert-OH is 1. The Balaban J connectivity index is 1.83. The van der Waals surface area contributed by atoms with Crippen LogP contribution in [0, 0.1) is 5.92 Å². The number of primary amides is 1. The average molecular weight is 321 g/mol. The molecule has 1 aliphatic heterocycles. The van der Waals surface area contributed by atoms with Crippen LogP contribution >= 0.6 is 0 Å². The fourth-order valence-electron chi connectivity index (χ4n) is 3.25. The average Bonchev–Trinajstić information content (AvgIpc) is 2.53. The molecule has 1 amide bonds. The Hall–Kier alpha value is -1.59. The minimum atomic E-state index is -0.545. The van der Waals surface area contributed by atoms with E-state index in [9.17, 15) is 9.90 Å². The predicted molar refractivity (Wildman–Crippen MR) is 89.5 cm³/mol. The number of quaternary nitrogens is 1. The number of carbonyl (C=O) groups is 1. The predicted octanol–water partition coefficient (Wildman–Crippen LogP) is 0.330. The molecule has 5 heteroatoms. The number of ether oxygens (including phenoxy) is 1. The lowest BCUT2D eigenvalue weighted by atomic mass is 9.97. The van der Waals surface area contributed by atoms with Crippen LogP contribution < -0.4 is 15.4 Å². The molecular formula is C18H29N2O3+. The second kappa shape index (κ2) is 8.31. The highest BCUT2D eigenvalue weighted by molar-refractivity contribution is 5.76. The summed E-state index contributed by atoms with van der Waals surface area (Å²) in [7, 11) is 0. The van der Waals surface area contributed by atoms with E-state index < -0.39 is 6.10 Å². The molecule has 128 valence electrons. The Kier molecular flexibility index (Phi) is 6.42. The first-order valence-corrected chi connectivity index (χ1v) is 8.50. The maximum Gasteiger partial charge on any atom is 0.226 e.